The minimum atomic E-state index is 0.263. The van der Waals surface area contributed by atoms with Gasteiger partial charge in [-0.25, -0.2) is 4.68 Å². The number of nitrogens with zero attached hydrogens (tertiary/aromatic N) is 3. The third-order valence-electron chi connectivity index (χ3n) is 3.76. The van der Waals surface area contributed by atoms with Gasteiger partial charge in [-0.3, -0.25) is 0 Å². The van der Waals surface area contributed by atoms with E-state index in [1.54, 1.807) is 0 Å². The predicted molar refractivity (Wildman–Crippen MR) is 89.2 cm³/mol. The van der Waals surface area contributed by atoms with E-state index in [0.29, 0.717) is 0 Å². The second-order valence-corrected chi connectivity index (χ2v) is 6.11. The number of rotatable bonds is 7. The highest BCUT2D eigenvalue weighted by molar-refractivity contribution is 9.10. The molecule has 1 aromatic heterocycles. The van der Waals surface area contributed by atoms with E-state index in [1.165, 1.54) is 11.1 Å². The Labute approximate surface area is 135 Å². The summed E-state index contributed by atoms with van der Waals surface area (Å²) in [5, 5.41) is 11.8. The molecule has 0 radical (unpaired) electrons. The Kier molecular flexibility index (Phi) is 5.94. The standard InChI is InChI=1S/C16H23BrN4/c1-4-11-18-14(15-16(17)19-20-21(15)3)10-9-13-8-6-5-7-12(13)2/h5-8,14,18H,4,9-11H2,1-3H3. The molecule has 0 aliphatic rings. The number of aromatic nitrogens is 3. The smallest absolute Gasteiger partial charge is 0.153 e. The summed E-state index contributed by atoms with van der Waals surface area (Å²) in [6.45, 7) is 5.35. The molecular formula is C16H23BrN4. The van der Waals surface area contributed by atoms with Gasteiger partial charge >= 0.3 is 0 Å². The zero-order chi connectivity index (χ0) is 15.2. The van der Waals surface area contributed by atoms with Gasteiger partial charge in [0.25, 0.3) is 0 Å². The van der Waals surface area contributed by atoms with Crippen LogP contribution in [-0.2, 0) is 13.5 Å². The molecule has 0 amide bonds. The lowest BCUT2D eigenvalue weighted by Gasteiger charge is -2.19. The van der Waals surface area contributed by atoms with E-state index in [9.17, 15) is 0 Å². The number of halogens is 1. The fourth-order valence-corrected chi connectivity index (χ4v) is 3.16. The maximum absolute atomic E-state index is 4.11. The molecule has 21 heavy (non-hydrogen) atoms. The molecule has 2 aromatic rings. The molecule has 0 spiro atoms. The number of benzene rings is 1. The molecule has 114 valence electrons. The average molecular weight is 351 g/mol. The van der Waals surface area contributed by atoms with Crippen molar-refractivity contribution in [1.82, 2.24) is 20.3 Å². The van der Waals surface area contributed by atoms with Crippen LogP contribution in [-0.4, -0.2) is 21.5 Å². The Morgan fingerprint density at radius 2 is 2.10 bits per heavy atom. The monoisotopic (exact) mass is 350 g/mol. The molecule has 0 saturated heterocycles. The van der Waals surface area contributed by atoms with Crippen molar-refractivity contribution in [2.24, 2.45) is 7.05 Å². The minimum absolute atomic E-state index is 0.263. The normalized spacial score (nSPS) is 12.6. The summed E-state index contributed by atoms with van der Waals surface area (Å²) in [4.78, 5) is 0. The van der Waals surface area contributed by atoms with Gasteiger partial charge in [0.05, 0.1) is 11.7 Å². The van der Waals surface area contributed by atoms with E-state index >= 15 is 0 Å². The molecule has 4 nitrogen and oxygen atoms in total. The van der Waals surface area contributed by atoms with Crippen molar-refractivity contribution in [1.29, 1.82) is 0 Å². The van der Waals surface area contributed by atoms with E-state index in [1.807, 2.05) is 11.7 Å². The zero-order valence-electron chi connectivity index (χ0n) is 12.9. The first-order valence-electron chi connectivity index (χ1n) is 7.46. The van der Waals surface area contributed by atoms with Crippen molar-refractivity contribution in [2.75, 3.05) is 6.54 Å². The maximum Gasteiger partial charge on any atom is 0.153 e. The van der Waals surface area contributed by atoms with Gasteiger partial charge in [-0.1, -0.05) is 36.4 Å². The van der Waals surface area contributed by atoms with Crippen LogP contribution in [0.25, 0.3) is 0 Å². The van der Waals surface area contributed by atoms with Crippen LogP contribution in [0.5, 0.6) is 0 Å². The highest BCUT2D eigenvalue weighted by Crippen LogP contribution is 2.25. The molecule has 0 aliphatic heterocycles. The fourth-order valence-electron chi connectivity index (χ4n) is 2.55. The van der Waals surface area contributed by atoms with Crippen LogP contribution in [0, 0.1) is 6.92 Å². The number of hydrogen-bond acceptors (Lipinski definition) is 3. The average Bonchev–Trinajstić information content (AvgIpc) is 2.81. The topological polar surface area (TPSA) is 42.7 Å². The molecule has 0 saturated carbocycles. The molecule has 0 fully saturated rings. The third-order valence-corrected chi connectivity index (χ3v) is 4.33. The van der Waals surface area contributed by atoms with Gasteiger partial charge < -0.3 is 5.32 Å². The fraction of sp³-hybridized carbons (Fsp3) is 0.500. The lowest BCUT2D eigenvalue weighted by molar-refractivity contribution is 0.466. The summed E-state index contributed by atoms with van der Waals surface area (Å²) in [6.07, 6.45) is 3.19. The first-order chi connectivity index (χ1) is 10.1. The van der Waals surface area contributed by atoms with Gasteiger partial charge in [0.1, 0.15) is 0 Å². The molecule has 1 heterocycles. The Morgan fingerprint density at radius 1 is 1.33 bits per heavy atom. The van der Waals surface area contributed by atoms with Crippen molar-refractivity contribution in [2.45, 2.75) is 39.2 Å². The Balaban J connectivity index is 2.12. The summed E-state index contributed by atoms with van der Waals surface area (Å²) in [6, 6.07) is 8.85. The van der Waals surface area contributed by atoms with Gasteiger partial charge in [-0.05, 0) is 59.8 Å². The molecule has 0 aliphatic carbocycles. The van der Waals surface area contributed by atoms with Crippen LogP contribution >= 0.6 is 15.9 Å². The van der Waals surface area contributed by atoms with E-state index < -0.39 is 0 Å². The Morgan fingerprint density at radius 3 is 2.71 bits per heavy atom. The van der Waals surface area contributed by atoms with Crippen LogP contribution < -0.4 is 5.32 Å². The highest BCUT2D eigenvalue weighted by Gasteiger charge is 2.19. The molecule has 1 aromatic carbocycles. The molecule has 1 N–H and O–H groups in total. The van der Waals surface area contributed by atoms with Gasteiger partial charge in [-0.2, -0.15) is 0 Å². The Bertz CT molecular complexity index is 560. The van der Waals surface area contributed by atoms with E-state index in [-0.39, 0.29) is 6.04 Å². The predicted octanol–water partition coefficient (Wildman–Crippen LogP) is 3.56. The number of nitrogens with one attached hydrogen (secondary N) is 1. The quantitative estimate of drug-likeness (QED) is 0.829. The molecule has 0 bridgehead atoms. The first-order valence-corrected chi connectivity index (χ1v) is 8.25. The maximum atomic E-state index is 4.11. The van der Waals surface area contributed by atoms with Crippen LogP contribution in [0.2, 0.25) is 0 Å². The van der Waals surface area contributed by atoms with Crippen LogP contribution in [0.3, 0.4) is 0 Å². The van der Waals surface area contributed by atoms with Crippen molar-refractivity contribution in [3.05, 3.63) is 45.7 Å². The SMILES string of the molecule is CCCNC(CCc1ccccc1C)c1c(Br)nnn1C. The van der Waals surface area contributed by atoms with Gasteiger partial charge in [0.2, 0.25) is 0 Å². The summed E-state index contributed by atoms with van der Waals surface area (Å²) in [5.41, 5.74) is 3.89. The van der Waals surface area contributed by atoms with Crippen molar-refractivity contribution in [3.63, 3.8) is 0 Å². The van der Waals surface area contributed by atoms with Crippen molar-refractivity contribution in [3.8, 4) is 0 Å². The molecule has 1 atom stereocenters. The highest BCUT2D eigenvalue weighted by atomic mass is 79.9. The summed E-state index contributed by atoms with van der Waals surface area (Å²) < 4.78 is 2.69. The number of aryl methyl sites for hydroxylation is 3. The first kappa shape index (κ1) is 16.2. The van der Waals surface area contributed by atoms with Crippen LogP contribution in [0.1, 0.15) is 42.6 Å². The van der Waals surface area contributed by atoms with Gasteiger partial charge in [0.15, 0.2) is 4.60 Å². The van der Waals surface area contributed by atoms with Gasteiger partial charge in [0, 0.05) is 7.05 Å². The summed E-state index contributed by atoms with van der Waals surface area (Å²) in [7, 11) is 1.95. The van der Waals surface area contributed by atoms with E-state index in [2.05, 4.69) is 69.7 Å². The molecule has 5 heteroatoms. The van der Waals surface area contributed by atoms with Crippen LogP contribution in [0.4, 0.5) is 0 Å². The molecular weight excluding hydrogens is 328 g/mol. The number of hydrogen-bond donors (Lipinski definition) is 1. The molecule has 1 unspecified atom stereocenters. The summed E-state index contributed by atoms with van der Waals surface area (Å²) in [5.74, 6) is 0. The van der Waals surface area contributed by atoms with Crippen LogP contribution in [0.15, 0.2) is 28.9 Å². The largest absolute Gasteiger partial charge is 0.309 e. The lowest BCUT2D eigenvalue weighted by atomic mass is 9.99. The van der Waals surface area contributed by atoms with E-state index in [0.717, 1.165) is 36.1 Å². The van der Waals surface area contributed by atoms with Gasteiger partial charge in [-0.15, -0.1) is 5.10 Å². The minimum Gasteiger partial charge on any atom is -0.309 e. The zero-order valence-corrected chi connectivity index (χ0v) is 14.5. The second kappa shape index (κ2) is 7.71. The molecule has 2 rings (SSSR count). The Hall–Kier alpha value is -1.20. The second-order valence-electron chi connectivity index (χ2n) is 5.36. The third kappa shape index (κ3) is 4.14. The van der Waals surface area contributed by atoms with Crippen molar-refractivity contribution < 1.29 is 0 Å². The lowest BCUT2D eigenvalue weighted by Crippen LogP contribution is -2.25. The van der Waals surface area contributed by atoms with Crippen molar-refractivity contribution >= 4 is 15.9 Å². The summed E-state index contributed by atoms with van der Waals surface area (Å²) >= 11 is 3.52. The van der Waals surface area contributed by atoms with E-state index in [4.69, 9.17) is 0 Å².